The highest BCUT2D eigenvalue weighted by Crippen LogP contribution is 2.28. The number of hydrogen-bond acceptors (Lipinski definition) is 2. The minimum atomic E-state index is -0.891. The van der Waals surface area contributed by atoms with Crippen molar-refractivity contribution < 1.29 is 13.9 Å². The van der Waals surface area contributed by atoms with E-state index in [1.165, 1.54) is 6.07 Å². The highest BCUT2D eigenvalue weighted by molar-refractivity contribution is 6.31. The van der Waals surface area contributed by atoms with Crippen LogP contribution in [0.3, 0.4) is 0 Å². The summed E-state index contributed by atoms with van der Waals surface area (Å²) in [7, 11) is 0. The Bertz CT molecular complexity index is 751. The van der Waals surface area contributed by atoms with Crippen molar-refractivity contribution in [3.8, 4) is 0 Å². The van der Waals surface area contributed by atoms with Gasteiger partial charge in [0.25, 0.3) is 0 Å². The van der Waals surface area contributed by atoms with Gasteiger partial charge in [0, 0.05) is 16.8 Å². The highest BCUT2D eigenvalue weighted by atomic mass is 35.5. The lowest BCUT2D eigenvalue weighted by molar-refractivity contribution is 0.151. The van der Waals surface area contributed by atoms with E-state index in [9.17, 15) is 9.50 Å². The molecule has 0 bridgehead atoms. The molecule has 0 radical (unpaired) electrons. The summed E-state index contributed by atoms with van der Waals surface area (Å²) in [6, 6.07) is 13.3. The predicted octanol–water partition coefficient (Wildman–Crippen LogP) is 4.50. The quantitative estimate of drug-likeness (QED) is 0.770. The smallest absolute Gasteiger partial charge is 0.134 e. The van der Waals surface area contributed by atoms with Gasteiger partial charge in [-0.1, -0.05) is 29.8 Å². The topological polar surface area (TPSA) is 33.4 Å². The highest BCUT2D eigenvalue weighted by Gasteiger charge is 2.16. The van der Waals surface area contributed by atoms with E-state index in [1.807, 2.05) is 0 Å². The number of furan rings is 1. The van der Waals surface area contributed by atoms with E-state index in [0.29, 0.717) is 21.9 Å². The van der Waals surface area contributed by atoms with Crippen LogP contribution in [0.4, 0.5) is 4.39 Å². The molecule has 0 aliphatic heterocycles. The first-order valence-corrected chi connectivity index (χ1v) is 6.62. The molecule has 0 amide bonds. The van der Waals surface area contributed by atoms with Crippen molar-refractivity contribution >= 4 is 22.6 Å². The SMILES string of the molecule is OC(Cc1ccccc1F)c1cc2cc(Cl)ccc2o1. The molecule has 20 heavy (non-hydrogen) atoms. The zero-order chi connectivity index (χ0) is 14.1. The summed E-state index contributed by atoms with van der Waals surface area (Å²) >= 11 is 5.90. The first-order chi connectivity index (χ1) is 9.63. The number of benzene rings is 2. The molecule has 3 aromatic rings. The maximum absolute atomic E-state index is 13.6. The summed E-state index contributed by atoms with van der Waals surface area (Å²) in [5.74, 6) is 0.0798. The van der Waals surface area contributed by atoms with E-state index >= 15 is 0 Å². The largest absolute Gasteiger partial charge is 0.458 e. The van der Waals surface area contributed by atoms with Gasteiger partial charge < -0.3 is 9.52 Å². The summed E-state index contributed by atoms with van der Waals surface area (Å²) in [5, 5.41) is 11.6. The number of rotatable bonds is 3. The van der Waals surface area contributed by atoms with Crippen LogP contribution >= 0.6 is 11.6 Å². The summed E-state index contributed by atoms with van der Waals surface area (Å²) in [5.41, 5.74) is 1.11. The van der Waals surface area contributed by atoms with Crippen molar-refractivity contribution in [2.75, 3.05) is 0 Å². The molecular formula is C16H12ClFO2. The Balaban J connectivity index is 1.89. The lowest BCUT2D eigenvalue weighted by atomic mass is 10.1. The predicted molar refractivity (Wildman–Crippen MR) is 76.3 cm³/mol. The number of fused-ring (bicyclic) bond motifs is 1. The van der Waals surface area contributed by atoms with Gasteiger partial charge in [0.1, 0.15) is 23.3 Å². The van der Waals surface area contributed by atoms with E-state index < -0.39 is 6.10 Å². The van der Waals surface area contributed by atoms with Crippen LogP contribution in [0.15, 0.2) is 52.9 Å². The molecule has 1 atom stereocenters. The summed E-state index contributed by atoms with van der Waals surface area (Å²) in [4.78, 5) is 0. The normalized spacial score (nSPS) is 12.8. The van der Waals surface area contributed by atoms with Crippen LogP contribution in [0.2, 0.25) is 5.02 Å². The first kappa shape index (κ1) is 13.2. The molecule has 0 fully saturated rings. The van der Waals surface area contributed by atoms with Crippen molar-refractivity contribution in [1.29, 1.82) is 0 Å². The Morgan fingerprint density at radius 1 is 1.15 bits per heavy atom. The monoisotopic (exact) mass is 290 g/mol. The number of hydrogen-bond donors (Lipinski definition) is 1. The van der Waals surface area contributed by atoms with Crippen molar-refractivity contribution in [2.45, 2.75) is 12.5 Å². The third kappa shape index (κ3) is 2.55. The van der Waals surface area contributed by atoms with E-state index in [4.69, 9.17) is 16.0 Å². The molecule has 0 saturated heterocycles. The van der Waals surface area contributed by atoms with Crippen LogP contribution in [0.1, 0.15) is 17.4 Å². The van der Waals surface area contributed by atoms with E-state index in [-0.39, 0.29) is 12.2 Å². The number of aliphatic hydroxyl groups is 1. The van der Waals surface area contributed by atoms with Crippen LogP contribution in [0.5, 0.6) is 0 Å². The lowest BCUT2D eigenvalue weighted by Gasteiger charge is -2.08. The second kappa shape index (κ2) is 5.27. The molecule has 0 spiro atoms. The number of halogens is 2. The molecule has 1 heterocycles. The van der Waals surface area contributed by atoms with Gasteiger partial charge in [-0.05, 0) is 35.9 Å². The van der Waals surface area contributed by atoms with Gasteiger partial charge in [-0.25, -0.2) is 4.39 Å². The third-order valence-corrected chi connectivity index (χ3v) is 3.43. The van der Waals surface area contributed by atoms with Crippen molar-refractivity contribution in [2.24, 2.45) is 0 Å². The minimum Gasteiger partial charge on any atom is -0.458 e. The molecule has 2 aromatic carbocycles. The molecule has 1 N–H and O–H groups in total. The second-order valence-electron chi connectivity index (χ2n) is 4.64. The molecule has 3 rings (SSSR count). The van der Waals surface area contributed by atoms with Gasteiger partial charge in [-0.15, -0.1) is 0 Å². The Hall–Kier alpha value is -1.84. The van der Waals surface area contributed by atoms with Crippen LogP contribution in [-0.2, 0) is 6.42 Å². The molecule has 0 aliphatic carbocycles. The maximum Gasteiger partial charge on any atom is 0.134 e. The second-order valence-corrected chi connectivity index (χ2v) is 5.08. The maximum atomic E-state index is 13.6. The Kier molecular flexibility index (Phi) is 3.47. The molecule has 1 aromatic heterocycles. The Labute approximate surface area is 120 Å². The minimum absolute atomic E-state index is 0.167. The van der Waals surface area contributed by atoms with Crippen molar-refractivity contribution in [1.82, 2.24) is 0 Å². The van der Waals surface area contributed by atoms with Gasteiger partial charge in [0.15, 0.2) is 0 Å². The zero-order valence-corrected chi connectivity index (χ0v) is 11.3. The Morgan fingerprint density at radius 3 is 2.75 bits per heavy atom. The van der Waals surface area contributed by atoms with Gasteiger partial charge in [-0.3, -0.25) is 0 Å². The van der Waals surface area contributed by atoms with Crippen LogP contribution < -0.4 is 0 Å². The molecule has 1 unspecified atom stereocenters. The molecular weight excluding hydrogens is 279 g/mol. The van der Waals surface area contributed by atoms with Gasteiger partial charge in [0.05, 0.1) is 0 Å². The van der Waals surface area contributed by atoms with Crippen molar-refractivity contribution in [3.05, 3.63) is 70.7 Å². The summed E-state index contributed by atoms with van der Waals surface area (Å²) < 4.78 is 19.1. The van der Waals surface area contributed by atoms with Crippen molar-refractivity contribution in [3.63, 3.8) is 0 Å². The van der Waals surface area contributed by atoms with Crippen LogP contribution in [0, 0.1) is 5.82 Å². The summed E-state index contributed by atoms with van der Waals surface area (Å²) in [6.45, 7) is 0. The van der Waals surface area contributed by atoms with E-state index in [1.54, 1.807) is 42.5 Å². The van der Waals surface area contributed by atoms with E-state index in [0.717, 1.165) is 5.39 Å². The fourth-order valence-electron chi connectivity index (χ4n) is 2.17. The van der Waals surface area contributed by atoms with Crippen LogP contribution in [0.25, 0.3) is 11.0 Å². The third-order valence-electron chi connectivity index (χ3n) is 3.20. The van der Waals surface area contributed by atoms with E-state index in [2.05, 4.69) is 0 Å². The lowest BCUT2D eigenvalue weighted by Crippen LogP contribution is -2.02. The first-order valence-electron chi connectivity index (χ1n) is 6.24. The van der Waals surface area contributed by atoms with Gasteiger partial charge in [-0.2, -0.15) is 0 Å². The molecule has 102 valence electrons. The summed E-state index contributed by atoms with van der Waals surface area (Å²) in [6.07, 6.45) is -0.724. The molecule has 2 nitrogen and oxygen atoms in total. The van der Waals surface area contributed by atoms with Crippen LogP contribution in [-0.4, -0.2) is 5.11 Å². The standard InChI is InChI=1S/C16H12ClFO2/c17-12-5-6-15-11(7-12)9-16(20-15)14(19)8-10-3-1-2-4-13(10)18/h1-7,9,14,19H,8H2. The van der Waals surface area contributed by atoms with Gasteiger partial charge >= 0.3 is 0 Å². The zero-order valence-electron chi connectivity index (χ0n) is 10.5. The fourth-order valence-corrected chi connectivity index (χ4v) is 2.35. The molecule has 4 heteroatoms. The average Bonchev–Trinajstić information content (AvgIpc) is 2.84. The number of aliphatic hydroxyl groups excluding tert-OH is 1. The van der Waals surface area contributed by atoms with Gasteiger partial charge in [0.2, 0.25) is 0 Å². The molecule has 0 aliphatic rings. The molecule has 0 saturated carbocycles. The average molecular weight is 291 g/mol. The Morgan fingerprint density at radius 2 is 1.95 bits per heavy atom. The fraction of sp³-hybridized carbons (Fsp3) is 0.125.